The van der Waals surface area contributed by atoms with Crippen LogP contribution in [-0.4, -0.2) is 30.0 Å². The van der Waals surface area contributed by atoms with E-state index < -0.39 is 11.9 Å². The standard InChI is InChI=1S/C23H26N2O3/c1-5-12-24-20(26)14-28-22(27)21-16-8-6-7-9-18(16)25-19-11-10-15(13-17(19)21)23(2,3)4/h1,6-9,15H,10-14H2,2-4H3,(H,24,26). The number of rotatable bonds is 4. The van der Waals surface area contributed by atoms with Crippen molar-refractivity contribution in [3.05, 3.63) is 41.1 Å². The number of fused-ring (bicyclic) bond motifs is 2. The van der Waals surface area contributed by atoms with E-state index >= 15 is 0 Å². The number of carbonyl (C=O) groups is 2. The highest BCUT2D eigenvalue weighted by molar-refractivity contribution is 6.05. The number of hydrogen-bond donors (Lipinski definition) is 1. The molecule has 0 bridgehead atoms. The molecule has 1 aromatic heterocycles. The molecule has 1 amide bonds. The molecule has 1 heterocycles. The van der Waals surface area contributed by atoms with Gasteiger partial charge in [-0.15, -0.1) is 6.42 Å². The van der Waals surface area contributed by atoms with Crippen molar-refractivity contribution in [2.24, 2.45) is 11.3 Å². The molecule has 1 atom stereocenters. The van der Waals surface area contributed by atoms with E-state index in [0.29, 0.717) is 11.5 Å². The fraction of sp³-hybridized carbons (Fsp3) is 0.435. The number of aromatic nitrogens is 1. The number of hydrogen-bond acceptors (Lipinski definition) is 4. The van der Waals surface area contributed by atoms with Crippen LogP contribution in [0.4, 0.5) is 0 Å². The second-order valence-corrected chi connectivity index (χ2v) is 8.29. The molecule has 1 aliphatic rings. The lowest BCUT2D eigenvalue weighted by atomic mass is 9.70. The highest BCUT2D eigenvalue weighted by Gasteiger charge is 2.33. The summed E-state index contributed by atoms with van der Waals surface area (Å²) in [6, 6.07) is 7.59. The number of terminal acetylenes is 1. The molecule has 2 aromatic rings. The van der Waals surface area contributed by atoms with Gasteiger partial charge in [-0.25, -0.2) is 4.79 Å². The molecule has 146 valence electrons. The molecule has 1 aromatic carbocycles. The van der Waals surface area contributed by atoms with Crippen LogP contribution in [0.25, 0.3) is 10.9 Å². The number of amides is 1. The Bertz CT molecular complexity index is 951. The lowest BCUT2D eigenvalue weighted by molar-refractivity contribution is -0.123. The van der Waals surface area contributed by atoms with Gasteiger partial charge in [0.1, 0.15) is 0 Å². The Morgan fingerprint density at radius 1 is 1.32 bits per heavy atom. The van der Waals surface area contributed by atoms with Crippen LogP contribution < -0.4 is 5.32 Å². The van der Waals surface area contributed by atoms with Crippen molar-refractivity contribution in [1.82, 2.24) is 10.3 Å². The fourth-order valence-electron chi connectivity index (χ4n) is 3.76. The largest absolute Gasteiger partial charge is 0.452 e. The van der Waals surface area contributed by atoms with Gasteiger partial charge in [0, 0.05) is 11.1 Å². The maximum atomic E-state index is 13.0. The molecule has 0 spiro atoms. The highest BCUT2D eigenvalue weighted by Crippen LogP contribution is 2.39. The van der Waals surface area contributed by atoms with Crippen molar-refractivity contribution in [2.75, 3.05) is 13.2 Å². The molecule has 5 heteroatoms. The summed E-state index contributed by atoms with van der Waals surface area (Å²) in [6.07, 6.45) is 7.80. The third-order valence-electron chi connectivity index (χ3n) is 5.41. The van der Waals surface area contributed by atoms with Crippen LogP contribution in [0.2, 0.25) is 0 Å². The van der Waals surface area contributed by atoms with Gasteiger partial charge < -0.3 is 10.1 Å². The molecule has 1 unspecified atom stereocenters. The van der Waals surface area contributed by atoms with E-state index in [9.17, 15) is 9.59 Å². The maximum absolute atomic E-state index is 13.0. The van der Waals surface area contributed by atoms with Crippen LogP contribution in [-0.2, 0) is 22.4 Å². The van der Waals surface area contributed by atoms with E-state index in [2.05, 4.69) is 32.0 Å². The lowest BCUT2D eigenvalue weighted by Crippen LogP contribution is -2.31. The third-order valence-corrected chi connectivity index (χ3v) is 5.41. The van der Waals surface area contributed by atoms with Gasteiger partial charge in [0.25, 0.3) is 5.91 Å². The van der Waals surface area contributed by atoms with Gasteiger partial charge in [-0.3, -0.25) is 9.78 Å². The molecule has 1 N–H and O–H groups in total. The summed E-state index contributed by atoms with van der Waals surface area (Å²) in [4.78, 5) is 29.6. The van der Waals surface area contributed by atoms with Gasteiger partial charge >= 0.3 is 5.97 Å². The number of ether oxygens (including phenoxy) is 1. The van der Waals surface area contributed by atoms with Gasteiger partial charge in [0.05, 0.1) is 17.6 Å². The molecule has 0 fully saturated rings. The van der Waals surface area contributed by atoms with Crippen LogP contribution in [0.15, 0.2) is 24.3 Å². The molecule has 0 saturated carbocycles. The minimum Gasteiger partial charge on any atom is -0.452 e. The Balaban J connectivity index is 1.97. The molecule has 3 rings (SSSR count). The number of pyridine rings is 1. The number of carbonyl (C=O) groups excluding carboxylic acids is 2. The monoisotopic (exact) mass is 378 g/mol. The topological polar surface area (TPSA) is 68.3 Å². The Labute approximate surface area is 165 Å². The summed E-state index contributed by atoms with van der Waals surface area (Å²) in [5.41, 5.74) is 3.37. The van der Waals surface area contributed by atoms with Crippen LogP contribution in [0.1, 0.15) is 48.8 Å². The van der Waals surface area contributed by atoms with Crippen molar-refractivity contribution >= 4 is 22.8 Å². The van der Waals surface area contributed by atoms with E-state index in [1.54, 1.807) is 0 Å². The second-order valence-electron chi connectivity index (χ2n) is 8.29. The summed E-state index contributed by atoms with van der Waals surface area (Å²) < 4.78 is 5.33. The van der Waals surface area contributed by atoms with Crippen molar-refractivity contribution in [3.8, 4) is 12.3 Å². The quantitative estimate of drug-likeness (QED) is 0.655. The number of aryl methyl sites for hydroxylation is 1. The first kappa shape index (κ1) is 19.9. The van der Waals surface area contributed by atoms with E-state index in [1.165, 1.54) is 0 Å². The summed E-state index contributed by atoms with van der Waals surface area (Å²) in [5.74, 6) is 1.88. The Hall–Kier alpha value is -2.87. The van der Waals surface area contributed by atoms with Gasteiger partial charge in [-0.05, 0) is 42.2 Å². The molecule has 5 nitrogen and oxygen atoms in total. The zero-order valence-electron chi connectivity index (χ0n) is 16.7. The summed E-state index contributed by atoms with van der Waals surface area (Å²) >= 11 is 0. The molecular weight excluding hydrogens is 352 g/mol. The second kappa shape index (κ2) is 8.02. The molecule has 1 aliphatic carbocycles. The minimum absolute atomic E-state index is 0.108. The number of esters is 1. The molecule has 0 saturated heterocycles. The zero-order chi connectivity index (χ0) is 20.3. The summed E-state index contributed by atoms with van der Waals surface area (Å²) in [6.45, 7) is 6.44. The third kappa shape index (κ3) is 4.17. The fourth-order valence-corrected chi connectivity index (χ4v) is 3.76. The van der Waals surface area contributed by atoms with E-state index in [4.69, 9.17) is 16.1 Å². The number of para-hydroxylation sites is 1. The predicted molar refractivity (Wildman–Crippen MR) is 109 cm³/mol. The average Bonchev–Trinajstić information content (AvgIpc) is 2.67. The van der Waals surface area contributed by atoms with Crippen LogP contribution in [0.5, 0.6) is 0 Å². The van der Waals surface area contributed by atoms with Crippen molar-refractivity contribution in [3.63, 3.8) is 0 Å². The SMILES string of the molecule is C#CCNC(=O)COC(=O)c1c2c(nc3ccccc13)CCC(C(C)(C)C)C2. The van der Waals surface area contributed by atoms with Crippen LogP contribution in [0.3, 0.4) is 0 Å². The van der Waals surface area contributed by atoms with E-state index in [-0.39, 0.29) is 18.6 Å². The first-order valence-electron chi connectivity index (χ1n) is 9.59. The normalized spacial score (nSPS) is 16.1. The Morgan fingerprint density at radius 2 is 2.07 bits per heavy atom. The highest BCUT2D eigenvalue weighted by atomic mass is 16.5. The first-order valence-corrected chi connectivity index (χ1v) is 9.59. The molecular formula is C23H26N2O3. The van der Waals surface area contributed by atoms with Crippen molar-refractivity contribution in [2.45, 2.75) is 40.0 Å². The van der Waals surface area contributed by atoms with Crippen molar-refractivity contribution < 1.29 is 14.3 Å². The number of nitrogens with zero attached hydrogens (tertiary/aromatic N) is 1. The van der Waals surface area contributed by atoms with Gasteiger partial charge in [0.2, 0.25) is 0 Å². The first-order chi connectivity index (χ1) is 13.3. The van der Waals surface area contributed by atoms with Crippen molar-refractivity contribution in [1.29, 1.82) is 0 Å². The van der Waals surface area contributed by atoms with E-state index in [0.717, 1.165) is 41.4 Å². The smallest absolute Gasteiger partial charge is 0.339 e. The van der Waals surface area contributed by atoms with Gasteiger partial charge in [-0.1, -0.05) is 44.9 Å². The van der Waals surface area contributed by atoms with Gasteiger partial charge in [0.15, 0.2) is 6.61 Å². The lowest BCUT2D eigenvalue weighted by Gasteiger charge is -2.35. The zero-order valence-corrected chi connectivity index (χ0v) is 16.7. The van der Waals surface area contributed by atoms with Gasteiger partial charge in [-0.2, -0.15) is 0 Å². The minimum atomic E-state index is -0.486. The van der Waals surface area contributed by atoms with Crippen LogP contribution in [0, 0.1) is 23.7 Å². The van der Waals surface area contributed by atoms with E-state index in [1.807, 2.05) is 24.3 Å². The predicted octanol–water partition coefficient (Wildman–Crippen LogP) is 3.29. The molecule has 0 radical (unpaired) electrons. The Morgan fingerprint density at radius 3 is 2.79 bits per heavy atom. The molecule has 28 heavy (non-hydrogen) atoms. The average molecular weight is 378 g/mol. The molecule has 0 aliphatic heterocycles. The number of benzene rings is 1. The van der Waals surface area contributed by atoms with Crippen LogP contribution >= 0.6 is 0 Å². The maximum Gasteiger partial charge on any atom is 0.339 e. The Kier molecular flexibility index (Phi) is 5.69. The summed E-state index contributed by atoms with van der Waals surface area (Å²) in [7, 11) is 0. The number of nitrogens with one attached hydrogen (secondary N) is 1. The summed E-state index contributed by atoms with van der Waals surface area (Å²) in [5, 5.41) is 3.27.